The summed E-state index contributed by atoms with van der Waals surface area (Å²) in [7, 11) is 0. The van der Waals surface area contributed by atoms with Gasteiger partial charge in [0.2, 0.25) is 11.8 Å². The van der Waals surface area contributed by atoms with Crippen LogP contribution in [0.4, 0.5) is 0 Å². The Morgan fingerprint density at radius 3 is 2.48 bits per heavy atom. The highest BCUT2D eigenvalue weighted by atomic mass is 79.9. The fraction of sp³-hybridized carbons (Fsp3) is 0.562. The average molecular weight is 495 g/mol. The summed E-state index contributed by atoms with van der Waals surface area (Å²) in [6.45, 7) is 4.44. The standard InChI is InChI=1S/C16H21Br2N3O3S/c1-7(2)3-8(21-15(23)10-4-9(10)14(19)22)6-20-16(24)12-5-11(17)13(18)25-12/h5,7-10H,3-4,6H2,1-2H3,(H2,19,22)(H,20,24)(H,21,23)/t8?,9-,10+/m0/s1. The Morgan fingerprint density at radius 1 is 1.32 bits per heavy atom. The number of nitrogens with two attached hydrogens (primary N) is 1. The van der Waals surface area contributed by atoms with Crippen molar-refractivity contribution in [3.05, 3.63) is 19.2 Å². The van der Waals surface area contributed by atoms with E-state index in [1.54, 1.807) is 6.07 Å². The van der Waals surface area contributed by atoms with Gasteiger partial charge in [0.05, 0.1) is 20.5 Å². The normalized spacial score (nSPS) is 20.2. The number of rotatable bonds is 8. The molecule has 25 heavy (non-hydrogen) atoms. The van der Waals surface area contributed by atoms with E-state index in [-0.39, 0.29) is 29.7 Å². The second-order valence-electron chi connectivity index (χ2n) is 6.63. The van der Waals surface area contributed by atoms with E-state index in [0.717, 1.165) is 14.7 Å². The van der Waals surface area contributed by atoms with Gasteiger partial charge in [-0.15, -0.1) is 11.3 Å². The molecular formula is C16H21Br2N3O3S. The molecule has 0 aliphatic heterocycles. The van der Waals surface area contributed by atoms with Gasteiger partial charge < -0.3 is 16.4 Å². The van der Waals surface area contributed by atoms with Gasteiger partial charge >= 0.3 is 0 Å². The van der Waals surface area contributed by atoms with Gasteiger partial charge in [-0.2, -0.15) is 0 Å². The number of carbonyl (C=O) groups excluding carboxylic acids is 3. The molecule has 2 rings (SSSR count). The second-order valence-corrected chi connectivity index (χ2v) is 9.85. The number of primary amides is 1. The number of hydrogen-bond donors (Lipinski definition) is 3. The lowest BCUT2D eigenvalue weighted by Crippen LogP contribution is -2.45. The molecule has 1 saturated carbocycles. The van der Waals surface area contributed by atoms with E-state index in [1.165, 1.54) is 11.3 Å². The third-order valence-electron chi connectivity index (χ3n) is 3.97. The predicted octanol–water partition coefficient (Wildman–Crippen LogP) is 2.66. The molecule has 1 fully saturated rings. The van der Waals surface area contributed by atoms with Crippen molar-refractivity contribution in [2.24, 2.45) is 23.5 Å². The molecule has 0 aromatic carbocycles. The van der Waals surface area contributed by atoms with Crippen LogP contribution in [0.2, 0.25) is 0 Å². The van der Waals surface area contributed by atoms with Crippen LogP contribution in [0.25, 0.3) is 0 Å². The maximum Gasteiger partial charge on any atom is 0.261 e. The van der Waals surface area contributed by atoms with Crippen LogP contribution in [-0.2, 0) is 9.59 Å². The SMILES string of the molecule is CC(C)CC(CNC(=O)c1cc(Br)c(Br)s1)NC(=O)[C@@H]1C[C@@H]1C(N)=O. The van der Waals surface area contributed by atoms with Gasteiger partial charge in [-0.3, -0.25) is 14.4 Å². The molecule has 6 nitrogen and oxygen atoms in total. The van der Waals surface area contributed by atoms with Crippen LogP contribution < -0.4 is 16.4 Å². The first-order valence-electron chi connectivity index (χ1n) is 8.01. The monoisotopic (exact) mass is 493 g/mol. The molecule has 0 saturated heterocycles. The molecule has 1 aromatic heterocycles. The number of hydrogen-bond acceptors (Lipinski definition) is 4. The van der Waals surface area contributed by atoms with Gasteiger partial charge in [-0.25, -0.2) is 0 Å². The molecule has 0 radical (unpaired) electrons. The van der Waals surface area contributed by atoms with Crippen LogP contribution >= 0.6 is 43.2 Å². The molecule has 1 aliphatic rings. The van der Waals surface area contributed by atoms with Crippen LogP contribution in [0.1, 0.15) is 36.4 Å². The zero-order chi connectivity index (χ0) is 18.7. The Bertz CT molecular complexity index is 658. The van der Waals surface area contributed by atoms with Gasteiger partial charge in [-0.1, -0.05) is 13.8 Å². The molecule has 3 atom stereocenters. The molecule has 138 valence electrons. The van der Waals surface area contributed by atoms with Gasteiger partial charge in [0, 0.05) is 17.1 Å². The molecule has 9 heteroatoms. The lowest BCUT2D eigenvalue weighted by Gasteiger charge is -2.21. The summed E-state index contributed by atoms with van der Waals surface area (Å²) < 4.78 is 1.69. The van der Waals surface area contributed by atoms with Crippen LogP contribution in [0, 0.1) is 17.8 Å². The third kappa shape index (κ3) is 5.79. The molecule has 1 unspecified atom stereocenters. The molecule has 4 N–H and O–H groups in total. The Morgan fingerprint density at radius 2 is 2.00 bits per heavy atom. The largest absolute Gasteiger partial charge is 0.369 e. The minimum absolute atomic E-state index is 0.162. The second kappa shape index (κ2) is 8.64. The summed E-state index contributed by atoms with van der Waals surface area (Å²) in [5, 5.41) is 5.81. The maximum absolute atomic E-state index is 12.3. The number of halogens is 2. The van der Waals surface area contributed by atoms with E-state index >= 15 is 0 Å². The molecule has 1 heterocycles. The highest BCUT2D eigenvalue weighted by Crippen LogP contribution is 2.38. The highest BCUT2D eigenvalue weighted by molar-refractivity contribution is 9.13. The zero-order valence-electron chi connectivity index (χ0n) is 14.0. The summed E-state index contributed by atoms with van der Waals surface area (Å²) in [6.07, 6.45) is 1.25. The summed E-state index contributed by atoms with van der Waals surface area (Å²) in [5.41, 5.74) is 5.23. The van der Waals surface area contributed by atoms with Crippen molar-refractivity contribution < 1.29 is 14.4 Å². The number of nitrogens with one attached hydrogen (secondary N) is 2. The number of amides is 3. The lowest BCUT2D eigenvalue weighted by molar-refractivity contribution is -0.126. The fourth-order valence-corrected chi connectivity index (χ4v) is 4.58. The van der Waals surface area contributed by atoms with Crippen LogP contribution in [-0.4, -0.2) is 30.3 Å². The molecule has 0 spiro atoms. The minimum Gasteiger partial charge on any atom is -0.369 e. The minimum atomic E-state index is -0.428. The number of thiophene rings is 1. The van der Waals surface area contributed by atoms with Gasteiger partial charge in [0.25, 0.3) is 5.91 Å². The highest BCUT2D eigenvalue weighted by Gasteiger charge is 2.47. The number of carbonyl (C=O) groups is 3. The van der Waals surface area contributed by atoms with Gasteiger partial charge in [0.15, 0.2) is 0 Å². The van der Waals surface area contributed by atoms with Gasteiger partial charge in [-0.05, 0) is 56.7 Å². The Hall–Kier alpha value is -0.930. The van der Waals surface area contributed by atoms with E-state index in [0.29, 0.717) is 23.8 Å². The Kier molecular flexibility index (Phi) is 7.04. The van der Waals surface area contributed by atoms with Crippen molar-refractivity contribution >= 4 is 60.9 Å². The topological polar surface area (TPSA) is 101 Å². The third-order valence-corrected chi connectivity index (χ3v) is 7.23. The van der Waals surface area contributed by atoms with Crippen molar-refractivity contribution in [3.8, 4) is 0 Å². The van der Waals surface area contributed by atoms with Crippen molar-refractivity contribution in [2.45, 2.75) is 32.7 Å². The fourth-order valence-electron chi connectivity index (χ4n) is 2.63. The Balaban J connectivity index is 1.90. The van der Waals surface area contributed by atoms with Crippen molar-refractivity contribution in [3.63, 3.8) is 0 Å². The predicted molar refractivity (Wildman–Crippen MR) is 104 cm³/mol. The first-order chi connectivity index (χ1) is 11.7. The van der Waals surface area contributed by atoms with Crippen LogP contribution in [0.15, 0.2) is 14.3 Å². The maximum atomic E-state index is 12.3. The van der Waals surface area contributed by atoms with Crippen molar-refractivity contribution in [1.82, 2.24) is 10.6 Å². The summed E-state index contributed by atoms with van der Waals surface area (Å²) in [4.78, 5) is 36.2. The lowest BCUT2D eigenvalue weighted by atomic mass is 10.0. The molecule has 0 bridgehead atoms. The van der Waals surface area contributed by atoms with E-state index in [9.17, 15) is 14.4 Å². The van der Waals surface area contributed by atoms with E-state index in [1.807, 2.05) is 0 Å². The van der Waals surface area contributed by atoms with Crippen molar-refractivity contribution in [2.75, 3.05) is 6.54 Å². The first kappa shape index (κ1) is 20.4. The summed E-state index contributed by atoms with van der Waals surface area (Å²) >= 11 is 8.06. The van der Waals surface area contributed by atoms with Crippen LogP contribution in [0.5, 0.6) is 0 Å². The van der Waals surface area contributed by atoms with Crippen molar-refractivity contribution in [1.29, 1.82) is 0 Å². The molecule has 3 amide bonds. The van der Waals surface area contributed by atoms with Gasteiger partial charge in [0.1, 0.15) is 0 Å². The van der Waals surface area contributed by atoms with Crippen LogP contribution in [0.3, 0.4) is 0 Å². The zero-order valence-corrected chi connectivity index (χ0v) is 18.0. The smallest absolute Gasteiger partial charge is 0.261 e. The first-order valence-corrected chi connectivity index (χ1v) is 10.4. The Labute approximate surface area is 167 Å². The van der Waals surface area contributed by atoms with E-state index in [2.05, 4.69) is 56.3 Å². The molecule has 1 aromatic rings. The average Bonchev–Trinajstić information content (AvgIpc) is 3.25. The summed E-state index contributed by atoms with van der Waals surface area (Å²) in [6, 6.07) is 1.57. The van der Waals surface area contributed by atoms with E-state index < -0.39 is 5.91 Å². The van der Waals surface area contributed by atoms with E-state index in [4.69, 9.17) is 5.73 Å². The molecular weight excluding hydrogens is 474 g/mol. The summed E-state index contributed by atoms with van der Waals surface area (Å²) in [5.74, 6) is -1.09. The molecule has 1 aliphatic carbocycles. The quantitative estimate of drug-likeness (QED) is 0.517.